The lowest BCUT2D eigenvalue weighted by atomic mass is 10.0. The number of carbonyl (C=O) groups excluding carboxylic acids is 1. The van der Waals surface area contributed by atoms with Gasteiger partial charge in [0, 0.05) is 7.11 Å². The first-order chi connectivity index (χ1) is 5.34. The summed E-state index contributed by atoms with van der Waals surface area (Å²) in [5.41, 5.74) is 0. The molecule has 1 aliphatic heterocycles. The third-order valence-electron chi connectivity index (χ3n) is 1.99. The van der Waals surface area contributed by atoms with Crippen molar-refractivity contribution in [2.24, 2.45) is 0 Å². The highest BCUT2D eigenvalue weighted by molar-refractivity contribution is 5.85. The Morgan fingerprint density at radius 3 is 3.00 bits per heavy atom. The van der Waals surface area contributed by atoms with Crippen LogP contribution in [0.25, 0.3) is 0 Å². The van der Waals surface area contributed by atoms with Crippen LogP contribution >= 0.6 is 0 Å². The van der Waals surface area contributed by atoms with Crippen LogP contribution in [-0.4, -0.2) is 32.1 Å². The molecule has 0 bridgehead atoms. The second-order valence-corrected chi connectivity index (χ2v) is 2.90. The lowest BCUT2D eigenvalue weighted by molar-refractivity contribution is -0.125. The number of nitrogens with one attached hydrogen (secondary N) is 1. The molecule has 64 valence electrons. The maximum atomic E-state index is 11.2. The van der Waals surface area contributed by atoms with E-state index in [0.717, 1.165) is 19.4 Å². The molecule has 1 rings (SSSR count). The summed E-state index contributed by atoms with van der Waals surface area (Å²) in [5.74, 6) is 0.187. The van der Waals surface area contributed by atoms with Crippen molar-refractivity contribution in [2.75, 3.05) is 20.3 Å². The van der Waals surface area contributed by atoms with Crippen molar-refractivity contribution in [1.82, 2.24) is 5.32 Å². The van der Waals surface area contributed by atoms with E-state index in [1.807, 2.05) is 0 Å². The van der Waals surface area contributed by atoms with Gasteiger partial charge in [-0.2, -0.15) is 0 Å². The van der Waals surface area contributed by atoms with Crippen molar-refractivity contribution in [2.45, 2.75) is 25.3 Å². The zero-order valence-corrected chi connectivity index (χ0v) is 6.93. The van der Waals surface area contributed by atoms with Crippen LogP contribution in [0.2, 0.25) is 0 Å². The summed E-state index contributed by atoms with van der Waals surface area (Å²) in [6, 6.07) is 0.0590. The fraction of sp³-hybridized carbons (Fsp3) is 0.875. The summed E-state index contributed by atoms with van der Waals surface area (Å²) >= 11 is 0. The van der Waals surface area contributed by atoms with Gasteiger partial charge in [0.25, 0.3) is 0 Å². The molecule has 0 spiro atoms. The summed E-state index contributed by atoms with van der Waals surface area (Å²) in [6.45, 7) is 1.22. The Kier molecular flexibility index (Phi) is 3.52. The van der Waals surface area contributed by atoms with Gasteiger partial charge in [0.1, 0.15) is 6.61 Å². The molecule has 0 amide bonds. The van der Waals surface area contributed by atoms with Crippen molar-refractivity contribution in [3.8, 4) is 0 Å². The van der Waals surface area contributed by atoms with Gasteiger partial charge in [0.05, 0.1) is 6.04 Å². The second-order valence-electron chi connectivity index (χ2n) is 2.90. The largest absolute Gasteiger partial charge is 0.377 e. The smallest absolute Gasteiger partial charge is 0.175 e. The number of carbonyl (C=O) groups is 1. The number of Topliss-reactive ketones (excluding diaryl/α,β-unsaturated/α-hetero) is 1. The Balaban J connectivity index is 2.27. The van der Waals surface area contributed by atoms with Gasteiger partial charge < -0.3 is 10.1 Å². The van der Waals surface area contributed by atoms with Crippen LogP contribution in [0.4, 0.5) is 0 Å². The quantitative estimate of drug-likeness (QED) is 0.642. The van der Waals surface area contributed by atoms with Crippen molar-refractivity contribution in [1.29, 1.82) is 0 Å². The minimum absolute atomic E-state index is 0.0590. The Morgan fingerprint density at radius 2 is 2.45 bits per heavy atom. The molecule has 1 saturated heterocycles. The number of rotatable bonds is 3. The van der Waals surface area contributed by atoms with E-state index in [0.29, 0.717) is 0 Å². The molecule has 1 fully saturated rings. The van der Waals surface area contributed by atoms with E-state index in [1.54, 1.807) is 7.11 Å². The van der Waals surface area contributed by atoms with Gasteiger partial charge >= 0.3 is 0 Å². The van der Waals surface area contributed by atoms with Crippen molar-refractivity contribution in [3.63, 3.8) is 0 Å². The zero-order chi connectivity index (χ0) is 8.10. The van der Waals surface area contributed by atoms with E-state index >= 15 is 0 Å². The van der Waals surface area contributed by atoms with Crippen LogP contribution in [0, 0.1) is 0 Å². The van der Waals surface area contributed by atoms with Gasteiger partial charge in [-0.25, -0.2) is 0 Å². The number of ether oxygens (including phenoxy) is 1. The van der Waals surface area contributed by atoms with Crippen LogP contribution in [-0.2, 0) is 9.53 Å². The summed E-state index contributed by atoms with van der Waals surface area (Å²) < 4.78 is 4.77. The minimum Gasteiger partial charge on any atom is -0.377 e. The minimum atomic E-state index is 0.0590. The molecule has 1 aliphatic rings. The third-order valence-corrected chi connectivity index (χ3v) is 1.99. The normalized spacial score (nSPS) is 25.0. The summed E-state index contributed by atoms with van der Waals surface area (Å²) in [5, 5.41) is 3.17. The fourth-order valence-corrected chi connectivity index (χ4v) is 1.37. The van der Waals surface area contributed by atoms with Gasteiger partial charge in [0.15, 0.2) is 5.78 Å². The number of hydrogen-bond donors (Lipinski definition) is 1. The number of piperidine rings is 1. The highest BCUT2D eigenvalue weighted by Crippen LogP contribution is 2.07. The highest BCUT2D eigenvalue weighted by atomic mass is 16.5. The number of hydrogen-bond acceptors (Lipinski definition) is 3. The summed E-state index contributed by atoms with van der Waals surface area (Å²) in [4.78, 5) is 11.2. The maximum absolute atomic E-state index is 11.2. The van der Waals surface area contributed by atoms with E-state index < -0.39 is 0 Å². The standard InChI is InChI=1S/C8H15NO2/c1-11-6-8(10)7-4-2-3-5-9-7/h7,9H,2-6H2,1H3/t7-/m1/s1. The molecule has 1 atom stereocenters. The van der Waals surface area contributed by atoms with E-state index in [2.05, 4.69) is 5.32 Å². The Hall–Kier alpha value is -0.410. The molecule has 3 heteroatoms. The van der Waals surface area contributed by atoms with Gasteiger partial charge in [-0.1, -0.05) is 6.42 Å². The molecule has 0 aromatic rings. The molecular formula is C8H15NO2. The highest BCUT2D eigenvalue weighted by Gasteiger charge is 2.19. The summed E-state index contributed by atoms with van der Waals surface area (Å²) in [7, 11) is 1.56. The van der Waals surface area contributed by atoms with Gasteiger partial charge in [0.2, 0.25) is 0 Å². The Morgan fingerprint density at radius 1 is 1.64 bits per heavy atom. The number of ketones is 1. The fourth-order valence-electron chi connectivity index (χ4n) is 1.37. The SMILES string of the molecule is COCC(=O)[C@H]1CCCCN1. The van der Waals surface area contributed by atoms with E-state index in [1.165, 1.54) is 6.42 Å². The molecule has 0 aromatic carbocycles. The predicted octanol–water partition coefficient (Wildman–Crippen LogP) is 0.344. The Bertz CT molecular complexity index is 130. The maximum Gasteiger partial charge on any atom is 0.175 e. The molecule has 0 aliphatic carbocycles. The first-order valence-corrected chi connectivity index (χ1v) is 4.09. The van der Waals surface area contributed by atoms with Crippen molar-refractivity contribution in [3.05, 3.63) is 0 Å². The molecule has 0 radical (unpaired) electrons. The van der Waals surface area contributed by atoms with E-state index in [9.17, 15) is 4.79 Å². The molecule has 1 N–H and O–H groups in total. The zero-order valence-electron chi connectivity index (χ0n) is 6.93. The molecule has 0 saturated carbocycles. The molecule has 1 heterocycles. The first kappa shape index (κ1) is 8.68. The van der Waals surface area contributed by atoms with E-state index in [-0.39, 0.29) is 18.4 Å². The van der Waals surface area contributed by atoms with Crippen LogP contribution in [0.5, 0.6) is 0 Å². The monoisotopic (exact) mass is 157 g/mol. The predicted molar refractivity (Wildman–Crippen MR) is 42.5 cm³/mol. The van der Waals surface area contributed by atoms with Gasteiger partial charge in [-0.15, -0.1) is 0 Å². The topological polar surface area (TPSA) is 38.3 Å². The Labute approximate surface area is 67.1 Å². The molecule has 0 aromatic heterocycles. The molecular weight excluding hydrogens is 142 g/mol. The van der Waals surface area contributed by atoms with Crippen molar-refractivity contribution < 1.29 is 9.53 Å². The first-order valence-electron chi connectivity index (χ1n) is 4.09. The molecule has 11 heavy (non-hydrogen) atoms. The average molecular weight is 157 g/mol. The lowest BCUT2D eigenvalue weighted by Gasteiger charge is -2.21. The van der Waals surface area contributed by atoms with Crippen LogP contribution < -0.4 is 5.32 Å². The average Bonchev–Trinajstić information content (AvgIpc) is 2.07. The molecule has 3 nitrogen and oxygen atoms in total. The van der Waals surface area contributed by atoms with Gasteiger partial charge in [-0.3, -0.25) is 4.79 Å². The summed E-state index contributed by atoms with van der Waals surface area (Å²) in [6.07, 6.45) is 3.33. The van der Waals surface area contributed by atoms with Crippen molar-refractivity contribution >= 4 is 5.78 Å². The lowest BCUT2D eigenvalue weighted by Crippen LogP contribution is -2.41. The van der Waals surface area contributed by atoms with Crippen LogP contribution in [0.15, 0.2) is 0 Å². The van der Waals surface area contributed by atoms with E-state index in [4.69, 9.17) is 4.74 Å². The van der Waals surface area contributed by atoms with Gasteiger partial charge in [-0.05, 0) is 19.4 Å². The second kappa shape index (κ2) is 4.46. The van der Waals surface area contributed by atoms with Crippen LogP contribution in [0.3, 0.4) is 0 Å². The number of methoxy groups -OCH3 is 1. The van der Waals surface area contributed by atoms with Crippen LogP contribution in [0.1, 0.15) is 19.3 Å². The molecule has 0 unspecified atom stereocenters. The third kappa shape index (κ3) is 2.60.